The number of carbonyl (C=O) groups excluding carboxylic acids is 2. The van der Waals surface area contributed by atoms with Crippen LogP contribution in [-0.4, -0.2) is 47.3 Å². The Bertz CT molecular complexity index is 831. The van der Waals surface area contributed by atoms with Gasteiger partial charge in [-0.15, -0.1) is 0 Å². The van der Waals surface area contributed by atoms with Crippen molar-refractivity contribution in [1.29, 1.82) is 0 Å². The smallest absolute Gasteiger partial charge is 0.254 e. The van der Waals surface area contributed by atoms with E-state index in [1.165, 1.54) is 0 Å². The highest BCUT2D eigenvalue weighted by Crippen LogP contribution is 2.26. The largest absolute Gasteiger partial charge is 0.457 e. The number of amides is 2. The van der Waals surface area contributed by atoms with Gasteiger partial charge in [0.1, 0.15) is 17.5 Å². The Balaban J connectivity index is 1.52. The van der Waals surface area contributed by atoms with E-state index in [1.54, 1.807) is 17.0 Å². The predicted octanol–water partition coefficient (Wildman–Crippen LogP) is 4.10. The molecule has 2 aliphatic rings. The Morgan fingerprint density at radius 2 is 1.54 bits per heavy atom. The molecule has 28 heavy (non-hydrogen) atoms. The number of piperidine rings is 1. The lowest BCUT2D eigenvalue weighted by Crippen LogP contribution is -2.52. The van der Waals surface area contributed by atoms with Crippen LogP contribution in [0.15, 0.2) is 54.6 Å². The molecule has 1 unspecified atom stereocenters. The van der Waals surface area contributed by atoms with Crippen molar-refractivity contribution in [3.8, 4) is 11.5 Å². The molecule has 5 heteroatoms. The van der Waals surface area contributed by atoms with Crippen LogP contribution in [0, 0.1) is 0 Å². The normalized spacial score (nSPS) is 19.5. The number of rotatable bonds is 4. The van der Waals surface area contributed by atoms with E-state index in [0.29, 0.717) is 17.9 Å². The molecule has 0 spiro atoms. The molecule has 1 atom stereocenters. The van der Waals surface area contributed by atoms with Crippen molar-refractivity contribution in [1.82, 2.24) is 9.80 Å². The number of nitrogens with zero attached hydrogens (tertiary/aromatic N) is 2. The van der Waals surface area contributed by atoms with E-state index in [0.717, 1.165) is 50.9 Å². The first kappa shape index (κ1) is 18.5. The van der Waals surface area contributed by atoms with Gasteiger partial charge in [0.05, 0.1) is 0 Å². The van der Waals surface area contributed by atoms with Crippen LogP contribution in [0.25, 0.3) is 0 Å². The number of para-hydroxylation sites is 1. The molecule has 0 bridgehead atoms. The van der Waals surface area contributed by atoms with E-state index in [2.05, 4.69) is 0 Å². The highest BCUT2D eigenvalue weighted by atomic mass is 16.5. The fourth-order valence-corrected chi connectivity index (χ4v) is 4.06. The third-order valence-corrected chi connectivity index (χ3v) is 5.53. The summed E-state index contributed by atoms with van der Waals surface area (Å²) in [6, 6.07) is 16.4. The van der Waals surface area contributed by atoms with Crippen LogP contribution in [0.3, 0.4) is 0 Å². The van der Waals surface area contributed by atoms with E-state index in [1.807, 2.05) is 47.4 Å². The lowest BCUT2D eigenvalue weighted by atomic mass is 9.99. The molecule has 0 aliphatic carbocycles. The number of benzene rings is 2. The van der Waals surface area contributed by atoms with Gasteiger partial charge in [0.15, 0.2) is 0 Å². The molecule has 4 rings (SSSR count). The summed E-state index contributed by atoms with van der Waals surface area (Å²) < 4.78 is 5.87. The second-order valence-corrected chi connectivity index (χ2v) is 7.49. The van der Waals surface area contributed by atoms with Gasteiger partial charge in [0, 0.05) is 25.2 Å². The summed E-state index contributed by atoms with van der Waals surface area (Å²) in [7, 11) is 0. The fraction of sp³-hybridized carbons (Fsp3) is 0.391. The van der Waals surface area contributed by atoms with E-state index in [9.17, 15) is 9.59 Å². The van der Waals surface area contributed by atoms with Gasteiger partial charge in [0.25, 0.3) is 5.91 Å². The molecule has 0 radical (unpaired) electrons. The van der Waals surface area contributed by atoms with Crippen LogP contribution < -0.4 is 4.74 Å². The van der Waals surface area contributed by atoms with Gasteiger partial charge in [-0.1, -0.05) is 24.3 Å². The van der Waals surface area contributed by atoms with Crippen LogP contribution in [0.1, 0.15) is 42.5 Å². The summed E-state index contributed by atoms with van der Waals surface area (Å²) >= 11 is 0. The monoisotopic (exact) mass is 378 g/mol. The van der Waals surface area contributed by atoms with Crippen molar-refractivity contribution >= 4 is 11.8 Å². The molecule has 0 aromatic heterocycles. The minimum Gasteiger partial charge on any atom is -0.457 e. The molecular weight excluding hydrogens is 352 g/mol. The zero-order chi connectivity index (χ0) is 19.3. The second kappa shape index (κ2) is 8.46. The Hall–Kier alpha value is -2.82. The first-order valence-corrected chi connectivity index (χ1v) is 10.1. The van der Waals surface area contributed by atoms with E-state index in [4.69, 9.17) is 4.74 Å². The van der Waals surface area contributed by atoms with Crippen LogP contribution in [0.4, 0.5) is 0 Å². The topological polar surface area (TPSA) is 49.9 Å². The molecule has 2 saturated heterocycles. The number of carbonyl (C=O) groups is 2. The average Bonchev–Trinajstić information content (AvgIpc) is 3.29. The molecule has 2 amide bonds. The first-order chi connectivity index (χ1) is 13.7. The fourth-order valence-electron chi connectivity index (χ4n) is 4.06. The van der Waals surface area contributed by atoms with E-state index < -0.39 is 0 Å². The molecule has 0 saturated carbocycles. The van der Waals surface area contributed by atoms with Gasteiger partial charge in [-0.2, -0.15) is 0 Å². The lowest BCUT2D eigenvalue weighted by Gasteiger charge is -2.36. The Labute approximate surface area is 165 Å². The van der Waals surface area contributed by atoms with Crippen molar-refractivity contribution < 1.29 is 14.3 Å². The molecule has 2 aromatic carbocycles. The third-order valence-electron chi connectivity index (χ3n) is 5.53. The Kier molecular flexibility index (Phi) is 5.60. The van der Waals surface area contributed by atoms with Crippen molar-refractivity contribution in [3.05, 3.63) is 60.2 Å². The van der Waals surface area contributed by atoms with Crippen LogP contribution >= 0.6 is 0 Å². The maximum absolute atomic E-state index is 13.2. The quantitative estimate of drug-likeness (QED) is 0.805. The number of hydrogen-bond donors (Lipinski definition) is 0. The van der Waals surface area contributed by atoms with Gasteiger partial charge < -0.3 is 14.5 Å². The second-order valence-electron chi connectivity index (χ2n) is 7.49. The average molecular weight is 378 g/mol. The summed E-state index contributed by atoms with van der Waals surface area (Å²) in [6.07, 6.45) is 4.80. The Morgan fingerprint density at radius 3 is 2.32 bits per heavy atom. The summed E-state index contributed by atoms with van der Waals surface area (Å²) in [5.74, 6) is 1.38. The molecule has 2 aliphatic heterocycles. The standard InChI is InChI=1S/C23H26N2O3/c26-22(18-9-8-12-20(17-18)28-19-10-2-1-3-11-19)25-16-5-4-13-21(25)23(27)24-14-6-7-15-24/h1-3,8-12,17,21H,4-7,13-16H2. The van der Waals surface area contributed by atoms with Gasteiger partial charge in [0.2, 0.25) is 5.91 Å². The molecule has 0 N–H and O–H groups in total. The number of ether oxygens (including phenoxy) is 1. The van der Waals surface area contributed by atoms with Crippen molar-refractivity contribution in [2.45, 2.75) is 38.1 Å². The summed E-state index contributed by atoms with van der Waals surface area (Å²) in [5.41, 5.74) is 0.564. The molecule has 146 valence electrons. The highest BCUT2D eigenvalue weighted by Gasteiger charge is 2.35. The van der Waals surface area contributed by atoms with E-state index in [-0.39, 0.29) is 17.9 Å². The number of likely N-dealkylation sites (tertiary alicyclic amines) is 2. The Morgan fingerprint density at radius 1 is 0.821 bits per heavy atom. The minimum absolute atomic E-state index is 0.0873. The van der Waals surface area contributed by atoms with Crippen LogP contribution in [0.2, 0.25) is 0 Å². The first-order valence-electron chi connectivity index (χ1n) is 10.1. The molecule has 2 heterocycles. The van der Waals surface area contributed by atoms with Crippen LogP contribution in [-0.2, 0) is 4.79 Å². The summed E-state index contributed by atoms with van der Waals surface area (Å²) in [6.45, 7) is 2.27. The van der Waals surface area contributed by atoms with Gasteiger partial charge in [-0.25, -0.2) is 0 Å². The molecule has 5 nitrogen and oxygen atoms in total. The van der Waals surface area contributed by atoms with Crippen molar-refractivity contribution in [2.24, 2.45) is 0 Å². The highest BCUT2D eigenvalue weighted by molar-refractivity contribution is 5.98. The SMILES string of the molecule is O=C(C1CCCCN1C(=O)c1cccc(Oc2ccccc2)c1)N1CCCC1. The van der Waals surface area contributed by atoms with Crippen molar-refractivity contribution in [3.63, 3.8) is 0 Å². The minimum atomic E-state index is -0.335. The molecular formula is C23H26N2O3. The predicted molar refractivity (Wildman–Crippen MR) is 107 cm³/mol. The maximum atomic E-state index is 13.2. The zero-order valence-corrected chi connectivity index (χ0v) is 16.0. The lowest BCUT2D eigenvalue weighted by molar-refractivity contribution is -0.136. The van der Waals surface area contributed by atoms with Gasteiger partial charge in [-0.3, -0.25) is 9.59 Å². The van der Waals surface area contributed by atoms with Gasteiger partial charge >= 0.3 is 0 Å². The third kappa shape index (κ3) is 4.03. The number of hydrogen-bond acceptors (Lipinski definition) is 3. The maximum Gasteiger partial charge on any atom is 0.254 e. The molecule has 2 aromatic rings. The summed E-state index contributed by atoms with van der Waals surface area (Å²) in [4.78, 5) is 29.9. The zero-order valence-electron chi connectivity index (χ0n) is 16.0. The van der Waals surface area contributed by atoms with Crippen molar-refractivity contribution in [2.75, 3.05) is 19.6 Å². The van der Waals surface area contributed by atoms with Crippen LogP contribution in [0.5, 0.6) is 11.5 Å². The van der Waals surface area contributed by atoms with E-state index >= 15 is 0 Å². The van der Waals surface area contributed by atoms with Gasteiger partial charge in [-0.05, 0) is 62.4 Å². The molecule has 2 fully saturated rings. The summed E-state index contributed by atoms with van der Waals surface area (Å²) in [5, 5.41) is 0.